The van der Waals surface area contributed by atoms with E-state index in [0.29, 0.717) is 25.3 Å². The Kier molecular flexibility index (Phi) is 5.88. The second kappa shape index (κ2) is 8.50. The lowest BCUT2D eigenvalue weighted by Gasteiger charge is -2.37. The van der Waals surface area contributed by atoms with E-state index in [4.69, 9.17) is 14.7 Å². The van der Waals surface area contributed by atoms with E-state index in [1.165, 1.54) is 0 Å². The molecule has 0 spiro atoms. The second-order valence-electron chi connectivity index (χ2n) is 6.41. The average molecular weight is 350 g/mol. The fourth-order valence-corrected chi connectivity index (χ4v) is 3.04. The first-order valence-electron chi connectivity index (χ1n) is 8.72. The topological polar surface area (TPSA) is 62.6 Å². The molecule has 2 aromatic rings. The van der Waals surface area contributed by atoms with E-state index >= 15 is 0 Å². The van der Waals surface area contributed by atoms with Gasteiger partial charge in [-0.3, -0.25) is 4.79 Å². The molecule has 0 N–H and O–H groups in total. The van der Waals surface area contributed by atoms with Crippen molar-refractivity contribution in [3.05, 3.63) is 65.7 Å². The van der Waals surface area contributed by atoms with Gasteiger partial charge >= 0.3 is 0 Å². The maximum atomic E-state index is 12.6. The Morgan fingerprint density at radius 1 is 1.19 bits per heavy atom. The first-order valence-corrected chi connectivity index (χ1v) is 8.72. The Morgan fingerprint density at radius 2 is 1.92 bits per heavy atom. The summed E-state index contributed by atoms with van der Waals surface area (Å²) in [6.07, 6.45) is 0.225. The van der Waals surface area contributed by atoms with Crippen LogP contribution >= 0.6 is 0 Å². The summed E-state index contributed by atoms with van der Waals surface area (Å²) >= 11 is 0. The van der Waals surface area contributed by atoms with Crippen molar-refractivity contribution in [3.8, 4) is 11.8 Å². The van der Waals surface area contributed by atoms with Crippen LogP contribution in [0, 0.1) is 11.3 Å². The van der Waals surface area contributed by atoms with Crippen LogP contribution in [0.5, 0.6) is 5.75 Å². The number of carbonyl (C=O) groups is 1. The summed E-state index contributed by atoms with van der Waals surface area (Å²) in [5.74, 6) is 0.572. The zero-order chi connectivity index (χ0) is 18.4. The molecule has 1 amide bonds. The fourth-order valence-electron chi connectivity index (χ4n) is 3.04. The van der Waals surface area contributed by atoms with Crippen LogP contribution in [-0.4, -0.2) is 36.6 Å². The summed E-state index contributed by atoms with van der Waals surface area (Å²) in [4.78, 5) is 14.4. The highest BCUT2D eigenvalue weighted by molar-refractivity contribution is 5.78. The van der Waals surface area contributed by atoms with Crippen LogP contribution in [0.3, 0.4) is 0 Å². The van der Waals surface area contributed by atoms with E-state index in [2.05, 4.69) is 6.07 Å². The third-order valence-electron chi connectivity index (χ3n) is 4.35. The number of nitrogens with zero attached hydrogens (tertiary/aromatic N) is 2. The van der Waals surface area contributed by atoms with Crippen molar-refractivity contribution in [2.45, 2.75) is 25.6 Å². The standard InChI is InChI=1S/C21H22N2O3/c1-16-13-23(14-20(26-16)18-5-3-2-4-6-18)21(24)15-25-19-9-7-17(8-10-19)11-12-22/h2-10,16,20H,11,13-15H2,1H3. The molecular formula is C21H22N2O3. The minimum absolute atomic E-state index is 0.00811. The highest BCUT2D eigenvalue weighted by atomic mass is 16.5. The molecule has 0 aliphatic carbocycles. The van der Waals surface area contributed by atoms with Crippen molar-refractivity contribution >= 4 is 5.91 Å². The lowest BCUT2D eigenvalue weighted by Crippen LogP contribution is -2.47. The van der Waals surface area contributed by atoms with Crippen LogP contribution in [0.2, 0.25) is 0 Å². The summed E-state index contributed by atoms with van der Waals surface area (Å²) < 4.78 is 11.6. The molecule has 3 rings (SSSR count). The lowest BCUT2D eigenvalue weighted by atomic mass is 10.1. The van der Waals surface area contributed by atoms with E-state index in [9.17, 15) is 4.79 Å². The molecule has 1 aliphatic heterocycles. The van der Waals surface area contributed by atoms with Gasteiger partial charge in [0.05, 0.1) is 25.1 Å². The molecule has 1 heterocycles. The number of hydrogen-bond donors (Lipinski definition) is 0. The predicted molar refractivity (Wildman–Crippen MR) is 97.6 cm³/mol. The highest BCUT2D eigenvalue weighted by Crippen LogP contribution is 2.25. The van der Waals surface area contributed by atoms with Gasteiger partial charge in [0.25, 0.3) is 5.91 Å². The molecule has 1 saturated heterocycles. The van der Waals surface area contributed by atoms with E-state index in [0.717, 1.165) is 11.1 Å². The Morgan fingerprint density at radius 3 is 2.62 bits per heavy atom. The van der Waals surface area contributed by atoms with E-state index < -0.39 is 0 Å². The summed E-state index contributed by atoms with van der Waals surface area (Å²) in [5, 5.41) is 8.69. The molecule has 0 radical (unpaired) electrons. The summed E-state index contributed by atoms with van der Waals surface area (Å²) in [6.45, 7) is 3.06. The third kappa shape index (κ3) is 4.62. The van der Waals surface area contributed by atoms with Crippen molar-refractivity contribution in [2.24, 2.45) is 0 Å². The average Bonchev–Trinajstić information content (AvgIpc) is 2.67. The molecule has 134 valence electrons. The Balaban J connectivity index is 1.57. The smallest absolute Gasteiger partial charge is 0.260 e. The van der Waals surface area contributed by atoms with Crippen LogP contribution in [0.1, 0.15) is 24.2 Å². The van der Waals surface area contributed by atoms with Crippen LogP contribution in [0.4, 0.5) is 0 Å². The van der Waals surface area contributed by atoms with Crippen molar-refractivity contribution in [1.29, 1.82) is 5.26 Å². The third-order valence-corrected chi connectivity index (χ3v) is 4.35. The van der Waals surface area contributed by atoms with E-state index in [1.54, 1.807) is 17.0 Å². The lowest BCUT2D eigenvalue weighted by molar-refractivity contribution is -0.146. The maximum Gasteiger partial charge on any atom is 0.260 e. The predicted octanol–water partition coefficient (Wildman–Crippen LogP) is 3.12. The molecule has 5 heteroatoms. The Hall–Kier alpha value is -2.84. The van der Waals surface area contributed by atoms with Crippen molar-refractivity contribution in [3.63, 3.8) is 0 Å². The highest BCUT2D eigenvalue weighted by Gasteiger charge is 2.29. The van der Waals surface area contributed by atoms with Crippen molar-refractivity contribution in [2.75, 3.05) is 19.7 Å². The van der Waals surface area contributed by atoms with Gasteiger partial charge in [0.2, 0.25) is 0 Å². The number of rotatable bonds is 5. The number of morpholine rings is 1. The molecule has 1 fully saturated rings. The first kappa shape index (κ1) is 18.0. The number of nitriles is 1. The molecule has 0 aromatic heterocycles. The van der Waals surface area contributed by atoms with Gasteiger partial charge in [-0.2, -0.15) is 5.26 Å². The summed E-state index contributed by atoms with van der Waals surface area (Å²) in [7, 11) is 0. The van der Waals surface area contributed by atoms with Gasteiger partial charge in [0.1, 0.15) is 11.9 Å². The molecule has 0 bridgehead atoms. The van der Waals surface area contributed by atoms with Gasteiger partial charge in [-0.25, -0.2) is 0 Å². The monoisotopic (exact) mass is 350 g/mol. The van der Waals surface area contributed by atoms with Gasteiger partial charge in [-0.15, -0.1) is 0 Å². The van der Waals surface area contributed by atoms with Gasteiger partial charge in [-0.1, -0.05) is 42.5 Å². The van der Waals surface area contributed by atoms with Crippen LogP contribution in [0.15, 0.2) is 54.6 Å². The van der Waals surface area contributed by atoms with Gasteiger partial charge in [0, 0.05) is 6.54 Å². The van der Waals surface area contributed by atoms with Crippen molar-refractivity contribution in [1.82, 2.24) is 4.90 Å². The maximum absolute atomic E-state index is 12.6. The number of hydrogen-bond acceptors (Lipinski definition) is 4. The van der Waals surface area contributed by atoms with Gasteiger partial charge in [-0.05, 0) is 30.2 Å². The Bertz CT molecular complexity index is 768. The molecule has 2 unspecified atom stereocenters. The van der Waals surface area contributed by atoms with Crippen LogP contribution < -0.4 is 4.74 Å². The van der Waals surface area contributed by atoms with Crippen molar-refractivity contribution < 1.29 is 14.3 Å². The van der Waals surface area contributed by atoms with Crippen LogP contribution in [-0.2, 0) is 16.0 Å². The quantitative estimate of drug-likeness (QED) is 0.831. The largest absolute Gasteiger partial charge is 0.484 e. The van der Waals surface area contributed by atoms with Crippen LogP contribution in [0.25, 0.3) is 0 Å². The second-order valence-corrected chi connectivity index (χ2v) is 6.41. The number of benzene rings is 2. The minimum Gasteiger partial charge on any atom is -0.484 e. The normalized spacial score (nSPS) is 19.6. The molecule has 2 atom stereocenters. The SMILES string of the molecule is CC1CN(C(=O)COc2ccc(CC#N)cc2)CC(c2ccccc2)O1. The molecule has 2 aromatic carbocycles. The molecule has 26 heavy (non-hydrogen) atoms. The molecule has 0 saturated carbocycles. The van der Waals surface area contributed by atoms with E-state index in [-0.39, 0.29) is 24.7 Å². The van der Waals surface area contributed by atoms with Gasteiger partial charge in [0.15, 0.2) is 6.61 Å². The first-order chi connectivity index (χ1) is 12.7. The number of ether oxygens (including phenoxy) is 2. The number of amides is 1. The molecule has 1 aliphatic rings. The Labute approximate surface area is 153 Å². The summed E-state index contributed by atoms with van der Waals surface area (Å²) in [5.41, 5.74) is 2.00. The molecular weight excluding hydrogens is 328 g/mol. The molecule has 5 nitrogen and oxygen atoms in total. The van der Waals surface area contributed by atoms with Gasteiger partial charge < -0.3 is 14.4 Å². The summed E-state index contributed by atoms with van der Waals surface area (Å²) in [6, 6.07) is 19.3. The minimum atomic E-state index is -0.117. The van der Waals surface area contributed by atoms with E-state index in [1.807, 2.05) is 49.4 Å². The fraction of sp³-hybridized carbons (Fsp3) is 0.333. The zero-order valence-corrected chi connectivity index (χ0v) is 14.8. The number of carbonyl (C=O) groups excluding carboxylic acids is 1. The zero-order valence-electron chi connectivity index (χ0n) is 14.8.